The van der Waals surface area contributed by atoms with Gasteiger partial charge in [0.25, 0.3) is 0 Å². The fraction of sp³-hybridized carbons (Fsp3) is 0.948. The number of rotatable bonds is 76. The van der Waals surface area contributed by atoms with Gasteiger partial charge in [0, 0.05) is 25.7 Å². The monoisotopic (exact) mass is 1410 g/mol. The first-order valence-corrected chi connectivity index (χ1v) is 43.0. The molecule has 0 amide bonds. The van der Waals surface area contributed by atoms with Crippen molar-refractivity contribution in [1.82, 2.24) is 0 Å². The molecule has 0 aliphatic rings. The molecule has 0 spiro atoms. The van der Waals surface area contributed by atoms with Gasteiger partial charge in [0.2, 0.25) is 0 Å². The second-order valence-electron chi connectivity index (χ2n) is 28.5. The van der Waals surface area contributed by atoms with Gasteiger partial charge in [0.05, 0.1) is 26.4 Å². The normalized spacial score (nSPS) is 14.3. The van der Waals surface area contributed by atoms with Crippen molar-refractivity contribution >= 4 is 39.5 Å². The molecule has 19 heteroatoms. The molecule has 0 saturated heterocycles. The van der Waals surface area contributed by atoms with Gasteiger partial charge in [-0.25, -0.2) is 9.13 Å². The number of phosphoric ester groups is 2. The zero-order valence-electron chi connectivity index (χ0n) is 62.7. The van der Waals surface area contributed by atoms with Crippen LogP contribution in [-0.2, 0) is 65.4 Å². The number of carbonyl (C=O) groups excluding carboxylic acids is 4. The predicted octanol–water partition coefficient (Wildman–Crippen LogP) is 22.7. The van der Waals surface area contributed by atoms with Crippen molar-refractivity contribution in [2.45, 2.75) is 419 Å². The standard InChI is InChI=1S/C77H150O17P2/c1-7-10-12-14-16-18-19-20-21-22-23-27-30-36-42-48-54-60-75(80)88-66-73(94-76(81)61-55-49-43-37-31-28-25-24-26-29-34-39-45-51-57-69(4)5)68-92-96(85,86)90-64-71(78)63-89-95(83,84)91-67-72(65-87-74(79)59-53-47-41-17-15-13-11-8-2)93-77(82)62-56-50-44-38-33-32-35-40-46-52-58-70(6)9-3/h69-73,78H,7-68H2,1-6H3,(H,83,84)(H,85,86)/t70?,71-,72+,73+/m0/s1. The first-order valence-electron chi connectivity index (χ1n) is 40.0. The fourth-order valence-electron chi connectivity index (χ4n) is 11.8. The van der Waals surface area contributed by atoms with Crippen molar-refractivity contribution in [1.29, 1.82) is 0 Å². The van der Waals surface area contributed by atoms with E-state index in [9.17, 15) is 43.2 Å². The van der Waals surface area contributed by atoms with E-state index in [-0.39, 0.29) is 25.7 Å². The minimum absolute atomic E-state index is 0.106. The third-order valence-corrected chi connectivity index (χ3v) is 20.2. The highest BCUT2D eigenvalue weighted by atomic mass is 31.2. The molecule has 0 aliphatic heterocycles. The second kappa shape index (κ2) is 68.8. The number of unbranched alkanes of at least 4 members (excludes halogenated alkanes) is 45. The first kappa shape index (κ1) is 94.1. The summed E-state index contributed by atoms with van der Waals surface area (Å²) in [5, 5.41) is 10.6. The van der Waals surface area contributed by atoms with Crippen LogP contribution in [-0.4, -0.2) is 96.7 Å². The van der Waals surface area contributed by atoms with E-state index in [4.69, 9.17) is 37.0 Å². The molecule has 0 rings (SSSR count). The number of aliphatic hydroxyl groups is 1. The molecule has 570 valence electrons. The highest BCUT2D eigenvalue weighted by Gasteiger charge is 2.30. The minimum Gasteiger partial charge on any atom is -0.462 e. The topological polar surface area (TPSA) is 237 Å². The van der Waals surface area contributed by atoms with Gasteiger partial charge in [-0.3, -0.25) is 37.3 Å². The molecular weight excluding hydrogens is 1260 g/mol. The van der Waals surface area contributed by atoms with Crippen LogP contribution in [0.4, 0.5) is 0 Å². The molecule has 17 nitrogen and oxygen atoms in total. The molecule has 0 aromatic carbocycles. The molecule has 96 heavy (non-hydrogen) atoms. The van der Waals surface area contributed by atoms with Gasteiger partial charge in [-0.05, 0) is 37.5 Å². The molecule has 3 N–H and O–H groups in total. The minimum atomic E-state index is -4.96. The fourth-order valence-corrected chi connectivity index (χ4v) is 13.4. The van der Waals surface area contributed by atoms with Crippen LogP contribution in [0.15, 0.2) is 0 Å². The van der Waals surface area contributed by atoms with Crippen LogP contribution in [0.1, 0.15) is 401 Å². The molecule has 0 heterocycles. The van der Waals surface area contributed by atoms with Crippen molar-refractivity contribution in [3.63, 3.8) is 0 Å². The van der Waals surface area contributed by atoms with Crippen LogP contribution in [0.2, 0.25) is 0 Å². The summed E-state index contributed by atoms with van der Waals surface area (Å²) < 4.78 is 68.5. The lowest BCUT2D eigenvalue weighted by atomic mass is 9.99. The quantitative estimate of drug-likeness (QED) is 0.0222. The highest BCUT2D eigenvalue weighted by Crippen LogP contribution is 2.45. The van der Waals surface area contributed by atoms with E-state index in [1.54, 1.807) is 0 Å². The van der Waals surface area contributed by atoms with E-state index >= 15 is 0 Å². The number of esters is 4. The average Bonchev–Trinajstić information content (AvgIpc) is 1.72. The number of phosphoric acid groups is 2. The summed E-state index contributed by atoms with van der Waals surface area (Å²) in [5.74, 6) is -0.517. The highest BCUT2D eigenvalue weighted by molar-refractivity contribution is 7.47. The molecule has 0 bridgehead atoms. The summed E-state index contributed by atoms with van der Waals surface area (Å²) in [6, 6.07) is 0. The summed E-state index contributed by atoms with van der Waals surface area (Å²) in [4.78, 5) is 72.8. The van der Waals surface area contributed by atoms with Crippen LogP contribution < -0.4 is 0 Å². The summed E-state index contributed by atoms with van der Waals surface area (Å²) in [6.07, 6.45) is 56.8. The Labute approximate surface area is 588 Å². The van der Waals surface area contributed by atoms with E-state index in [0.29, 0.717) is 25.7 Å². The third-order valence-electron chi connectivity index (χ3n) is 18.3. The van der Waals surface area contributed by atoms with Gasteiger partial charge < -0.3 is 33.8 Å². The molecule has 3 unspecified atom stereocenters. The Morgan fingerprint density at radius 2 is 0.531 bits per heavy atom. The number of carbonyl (C=O) groups is 4. The SMILES string of the molecule is CCCCCCCCCCCCCCCCCCCC(=O)OC[C@H](COP(=O)(O)OC[C@@H](O)COP(=O)(O)OC[C@@H](COC(=O)CCCCCCCCCC)OC(=O)CCCCCCCCCCCCC(C)CC)OC(=O)CCCCCCCCCCCCCCCCC(C)C. The van der Waals surface area contributed by atoms with Gasteiger partial charge in [0.1, 0.15) is 19.3 Å². The molecule has 6 atom stereocenters. The van der Waals surface area contributed by atoms with Gasteiger partial charge in [-0.15, -0.1) is 0 Å². The van der Waals surface area contributed by atoms with E-state index in [0.717, 1.165) is 108 Å². The number of ether oxygens (including phenoxy) is 4. The second-order valence-corrected chi connectivity index (χ2v) is 31.4. The largest absolute Gasteiger partial charge is 0.472 e. The van der Waals surface area contributed by atoms with Gasteiger partial charge in [-0.2, -0.15) is 0 Å². The Morgan fingerprint density at radius 1 is 0.302 bits per heavy atom. The Kier molecular flexibility index (Phi) is 67.4. The Balaban J connectivity index is 5.22. The van der Waals surface area contributed by atoms with Crippen molar-refractivity contribution in [3.8, 4) is 0 Å². The maximum atomic E-state index is 13.1. The van der Waals surface area contributed by atoms with Crippen molar-refractivity contribution in [2.24, 2.45) is 11.8 Å². The zero-order valence-corrected chi connectivity index (χ0v) is 64.5. The van der Waals surface area contributed by atoms with Crippen LogP contribution in [0.5, 0.6) is 0 Å². The predicted molar refractivity (Wildman–Crippen MR) is 391 cm³/mol. The summed E-state index contributed by atoms with van der Waals surface area (Å²) >= 11 is 0. The Hall–Kier alpha value is -1.94. The Morgan fingerprint density at radius 3 is 0.792 bits per heavy atom. The van der Waals surface area contributed by atoms with Crippen LogP contribution in [0.3, 0.4) is 0 Å². The Bertz CT molecular complexity index is 1860. The maximum absolute atomic E-state index is 13.1. The lowest BCUT2D eigenvalue weighted by Crippen LogP contribution is -2.30. The number of hydrogen-bond donors (Lipinski definition) is 3. The molecule has 0 aliphatic carbocycles. The molecule has 0 aromatic heterocycles. The third kappa shape index (κ3) is 69.2. The van der Waals surface area contributed by atoms with Crippen LogP contribution >= 0.6 is 15.6 Å². The molecular formula is C77H150O17P2. The first-order chi connectivity index (χ1) is 46.4. The van der Waals surface area contributed by atoms with Gasteiger partial charge in [-0.1, -0.05) is 350 Å². The summed E-state index contributed by atoms with van der Waals surface area (Å²) in [5.41, 5.74) is 0. The lowest BCUT2D eigenvalue weighted by Gasteiger charge is -2.21. The summed E-state index contributed by atoms with van der Waals surface area (Å²) in [6.45, 7) is 9.63. The van der Waals surface area contributed by atoms with Crippen molar-refractivity contribution in [2.75, 3.05) is 39.6 Å². The van der Waals surface area contributed by atoms with Gasteiger partial charge in [0.15, 0.2) is 12.2 Å². The van der Waals surface area contributed by atoms with Crippen molar-refractivity contribution < 1.29 is 80.2 Å². The average molecular weight is 1410 g/mol. The number of aliphatic hydroxyl groups excluding tert-OH is 1. The molecule has 0 saturated carbocycles. The van der Waals surface area contributed by atoms with Crippen LogP contribution in [0.25, 0.3) is 0 Å². The zero-order chi connectivity index (χ0) is 70.7. The number of hydrogen-bond acceptors (Lipinski definition) is 15. The van der Waals surface area contributed by atoms with Crippen LogP contribution in [0, 0.1) is 11.8 Å². The van der Waals surface area contributed by atoms with E-state index < -0.39 is 97.5 Å². The van der Waals surface area contributed by atoms with E-state index in [1.165, 1.54) is 212 Å². The van der Waals surface area contributed by atoms with Gasteiger partial charge >= 0.3 is 39.5 Å². The summed E-state index contributed by atoms with van der Waals surface area (Å²) in [7, 11) is -9.91. The molecule has 0 fully saturated rings. The molecule has 0 aromatic rings. The van der Waals surface area contributed by atoms with Crippen molar-refractivity contribution in [3.05, 3.63) is 0 Å². The lowest BCUT2D eigenvalue weighted by molar-refractivity contribution is -0.161. The van der Waals surface area contributed by atoms with E-state index in [1.807, 2.05) is 0 Å². The molecule has 0 radical (unpaired) electrons. The smallest absolute Gasteiger partial charge is 0.462 e. The maximum Gasteiger partial charge on any atom is 0.472 e. The van der Waals surface area contributed by atoms with E-state index in [2.05, 4.69) is 41.5 Å².